The van der Waals surface area contributed by atoms with Crippen LogP contribution in [0.5, 0.6) is 0 Å². The van der Waals surface area contributed by atoms with Crippen molar-refractivity contribution in [3.05, 3.63) is 65.2 Å². The van der Waals surface area contributed by atoms with Crippen LogP contribution in [0.4, 0.5) is 19.3 Å². The van der Waals surface area contributed by atoms with Crippen molar-refractivity contribution in [2.75, 3.05) is 45.0 Å². The van der Waals surface area contributed by atoms with Crippen LogP contribution in [0.1, 0.15) is 43.2 Å². The number of hydrogen-bond donors (Lipinski definition) is 3. The minimum atomic E-state index is -3.50. The highest BCUT2D eigenvalue weighted by Crippen LogP contribution is 2.36. The Balaban J connectivity index is 1.63. The fourth-order valence-corrected chi connectivity index (χ4v) is 7.73. The van der Waals surface area contributed by atoms with Crippen LogP contribution in [-0.4, -0.2) is 82.5 Å². The van der Waals surface area contributed by atoms with Crippen LogP contribution >= 0.6 is 0 Å². The van der Waals surface area contributed by atoms with Gasteiger partial charge in [-0.1, -0.05) is 18.2 Å². The van der Waals surface area contributed by atoms with E-state index in [1.807, 2.05) is 6.92 Å². The Morgan fingerprint density at radius 2 is 1.81 bits per heavy atom. The van der Waals surface area contributed by atoms with Crippen molar-refractivity contribution in [2.24, 2.45) is 5.92 Å². The van der Waals surface area contributed by atoms with Gasteiger partial charge in [-0.25, -0.2) is 22.0 Å². The molecule has 2 aliphatic heterocycles. The molecule has 10 nitrogen and oxygen atoms in total. The molecule has 2 saturated heterocycles. The van der Waals surface area contributed by atoms with E-state index in [1.54, 1.807) is 18.2 Å². The molecule has 0 saturated carbocycles. The van der Waals surface area contributed by atoms with Crippen LogP contribution in [-0.2, 0) is 30.7 Å². The molecule has 4 atom stereocenters. The SMILES string of the molecule is COC(=O)N[C@H](C(=O)Nc1cccc(F)c1CC[C@H]1CNC[C@@H](C)N1S(C)(=O)=O)[C@@H](c1ccc(F)cc1)C1CCOCC1. The van der Waals surface area contributed by atoms with Gasteiger partial charge in [0.2, 0.25) is 15.9 Å². The molecule has 0 spiro atoms. The second-order valence-corrected chi connectivity index (χ2v) is 13.1. The summed E-state index contributed by atoms with van der Waals surface area (Å²) >= 11 is 0. The van der Waals surface area contributed by atoms with Gasteiger partial charge >= 0.3 is 6.09 Å². The van der Waals surface area contributed by atoms with E-state index in [9.17, 15) is 22.4 Å². The monoisotopic (exact) mass is 622 g/mol. The maximum atomic E-state index is 15.2. The van der Waals surface area contributed by atoms with Gasteiger partial charge in [0, 0.05) is 55.6 Å². The van der Waals surface area contributed by atoms with E-state index < -0.39 is 51.7 Å². The van der Waals surface area contributed by atoms with Gasteiger partial charge in [0.1, 0.15) is 17.7 Å². The molecule has 43 heavy (non-hydrogen) atoms. The van der Waals surface area contributed by atoms with Gasteiger partial charge in [-0.2, -0.15) is 4.31 Å². The molecule has 2 amide bonds. The molecule has 0 unspecified atom stereocenters. The summed E-state index contributed by atoms with van der Waals surface area (Å²) in [4.78, 5) is 26.4. The first-order valence-corrected chi connectivity index (χ1v) is 16.3. The lowest BCUT2D eigenvalue weighted by atomic mass is 9.76. The highest BCUT2D eigenvalue weighted by Gasteiger charge is 2.38. The number of piperazine rings is 1. The summed E-state index contributed by atoms with van der Waals surface area (Å²) < 4.78 is 65.9. The zero-order valence-electron chi connectivity index (χ0n) is 24.6. The molecule has 3 N–H and O–H groups in total. The molecule has 2 fully saturated rings. The number of sulfonamides is 1. The average Bonchev–Trinajstić information content (AvgIpc) is 2.97. The molecule has 4 rings (SSSR count). The lowest BCUT2D eigenvalue weighted by Crippen LogP contribution is -2.58. The number of halogens is 2. The average molecular weight is 623 g/mol. The fraction of sp³-hybridized carbons (Fsp3) is 0.533. The van der Waals surface area contributed by atoms with E-state index in [4.69, 9.17) is 9.47 Å². The van der Waals surface area contributed by atoms with Gasteiger partial charge in [-0.05, 0) is 68.4 Å². The van der Waals surface area contributed by atoms with Crippen molar-refractivity contribution >= 4 is 27.7 Å². The molecule has 2 aromatic rings. The van der Waals surface area contributed by atoms with Crippen LogP contribution < -0.4 is 16.0 Å². The minimum Gasteiger partial charge on any atom is -0.453 e. The van der Waals surface area contributed by atoms with Gasteiger partial charge < -0.3 is 25.4 Å². The first kappa shape index (κ1) is 32.8. The molecule has 2 heterocycles. The van der Waals surface area contributed by atoms with Gasteiger partial charge in [-0.3, -0.25) is 4.79 Å². The normalized spacial score (nSPS) is 21.5. The largest absolute Gasteiger partial charge is 0.453 e. The Hall–Kier alpha value is -3.13. The smallest absolute Gasteiger partial charge is 0.407 e. The Morgan fingerprint density at radius 3 is 2.47 bits per heavy atom. The summed E-state index contributed by atoms with van der Waals surface area (Å²) in [5, 5.41) is 8.71. The summed E-state index contributed by atoms with van der Waals surface area (Å²) in [6.45, 7) is 3.70. The molecule has 0 aliphatic carbocycles. The molecule has 2 aliphatic rings. The number of hydrogen-bond acceptors (Lipinski definition) is 7. The second-order valence-electron chi connectivity index (χ2n) is 11.2. The predicted octanol–water partition coefficient (Wildman–Crippen LogP) is 3.39. The minimum absolute atomic E-state index is 0.0816. The molecule has 0 bridgehead atoms. The van der Waals surface area contributed by atoms with E-state index in [-0.39, 0.29) is 29.6 Å². The lowest BCUT2D eigenvalue weighted by molar-refractivity contribution is -0.119. The topological polar surface area (TPSA) is 126 Å². The van der Waals surface area contributed by atoms with Gasteiger partial charge in [0.05, 0.1) is 13.4 Å². The third kappa shape index (κ3) is 8.28. The fourth-order valence-electron chi connectivity index (χ4n) is 6.28. The van der Waals surface area contributed by atoms with E-state index in [0.29, 0.717) is 51.1 Å². The molecule has 0 radical (unpaired) electrons. The molecule has 2 aromatic carbocycles. The number of carbonyl (C=O) groups excluding carboxylic acids is 2. The number of carbonyl (C=O) groups is 2. The Kier molecular flexibility index (Phi) is 11.1. The third-order valence-electron chi connectivity index (χ3n) is 8.23. The van der Waals surface area contributed by atoms with Gasteiger partial charge in [0.25, 0.3) is 0 Å². The number of alkyl carbamates (subject to hydrolysis) is 1. The molecular formula is C30H40F2N4O6S. The maximum Gasteiger partial charge on any atom is 0.407 e. The summed E-state index contributed by atoms with van der Waals surface area (Å²) in [7, 11) is -2.31. The van der Waals surface area contributed by atoms with E-state index >= 15 is 4.39 Å². The predicted molar refractivity (Wildman–Crippen MR) is 158 cm³/mol. The molecule has 0 aromatic heterocycles. The summed E-state index contributed by atoms with van der Waals surface area (Å²) in [6, 6.07) is 8.34. The van der Waals surface area contributed by atoms with Gasteiger partial charge in [-0.15, -0.1) is 0 Å². The van der Waals surface area contributed by atoms with Crippen molar-refractivity contribution in [3.8, 4) is 0 Å². The van der Waals surface area contributed by atoms with Crippen LogP contribution in [0, 0.1) is 17.6 Å². The number of nitrogens with zero attached hydrogens (tertiary/aromatic N) is 1. The Bertz CT molecular complexity index is 1370. The first-order valence-electron chi connectivity index (χ1n) is 14.4. The Morgan fingerprint density at radius 1 is 1.12 bits per heavy atom. The van der Waals surface area contributed by atoms with Crippen LogP contribution in [0.3, 0.4) is 0 Å². The van der Waals surface area contributed by atoms with Crippen LogP contribution in [0.25, 0.3) is 0 Å². The number of anilines is 1. The van der Waals surface area contributed by atoms with Crippen molar-refractivity contribution in [2.45, 2.75) is 56.7 Å². The molecule has 13 heteroatoms. The van der Waals surface area contributed by atoms with Crippen molar-refractivity contribution in [1.29, 1.82) is 0 Å². The number of ether oxygens (including phenoxy) is 2. The van der Waals surface area contributed by atoms with Gasteiger partial charge in [0.15, 0.2) is 0 Å². The number of amides is 2. The number of nitrogens with one attached hydrogen (secondary N) is 3. The van der Waals surface area contributed by atoms with Crippen molar-refractivity contribution < 1.29 is 36.3 Å². The second kappa shape index (κ2) is 14.6. The Labute approximate surface area is 251 Å². The number of benzene rings is 2. The standard InChI is InChI=1S/C30H40F2N4O6S/c1-19-17-33-18-23(36(19)43(3,39)40)11-12-24-25(32)5-4-6-26(24)34-29(37)28(35-30(38)41-2)27(21-13-15-42-16-14-21)20-7-9-22(31)10-8-20/h4-10,19,21,23,27-28,33H,11-18H2,1-3H3,(H,34,37)(H,35,38)/t19-,23+,27+,28+/m1/s1. The summed E-state index contributed by atoms with van der Waals surface area (Å²) in [6.07, 6.45) is 2.05. The van der Waals surface area contributed by atoms with Crippen molar-refractivity contribution in [3.63, 3.8) is 0 Å². The highest BCUT2D eigenvalue weighted by molar-refractivity contribution is 7.88. The maximum absolute atomic E-state index is 15.2. The zero-order chi connectivity index (χ0) is 31.1. The highest BCUT2D eigenvalue weighted by atomic mass is 32.2. The number of methoxy groups -OCH3 is 1. The van der Waals surface area contributed by atoms with Crippen molar-refractivity contribution in [1.82, 2.24) is 14.9 Å². The van der Waals surface area contributed by atoms with Crippen LogP contribution in [0.2, 0.25) is 0 Å². The first-order chi connectivity index (χ1) is 20.5. The quantitative estimate of drug-likeness (QED) is 0.371. The van der Waals surface area contributed by atoms with E-state index in [0.717, 1.165) is 0 Å². The zero-order valence-corrected chi connectivity index (χ0v) is 25.5. The number of rotatable bonds is 10. The molecule has 236 valence electrons. The van der Waals surface area contributed by atoms with E-state index in [2.05, 4.69) is 16.0 Å². The summed E-state index contributed by atoms with van der Waals surface area (Å²) in [5.74, 6) is -2.21. The lowest BCUT2D eigenvalue weighted by Gasteiger charge is -2.39. The molecular weight excluding hydrogens is 582 g/mol. The van der Waals surface area contributed by atoms with Crippen LogP contribution in [0.15, 0.2) is 42.5 Å². The van der Waals surface area contributed by atoms with E-state index in [1.165, 1.54) is 41.9 Å². The third-order valence-corrected chi connectivity index (χ3v) is 9.65. The summed E-state index contributed by atoms with van der Waals surface area (Å²) in [5.41, 5.74) is 1.10.